The van der Waals surface area contributed by atoms with E-state index in [1.807, 2.05) is 54.1 Å². The second kappa shape index (κ2) is 6.90. The van der Waals surface area contributed by atoms with Gasteiger partial charge < -0.3 is 5.32 Å². The summed E-state index contributed by atoms with van der Waals surface area (Å²) >= 11 is 7.40. The highest BCUT2D eigenvalue weighted by molar-refractivity contribution is 7.20. The lowest BCUT2D eigenvalue weighted by atomic mass is 10.2. The van der Waals surface area contributed by atoms with Crippen molar-refractivity contribution < 1.29 is 4.79 Å². The lowest BCUT2D eigenvalue weighted by molar-refractivity contribution is 0.0955. The molecule has 130 valence electrons. The Morgan fingerprint density at radius 2 is 2.08 bits per heavy atom. The maximum atomic E-state index is 12.5. The van der Waals surface area contributed by atoms with E-state index in [1.165, 1.54) is 11.3 Å². The van der Waals surface area contributed by atoms with Crippen LogP contribution < -0.4 is 5.32 Å². The minimum atomic E-state index is -0.0999. The third-order valence-electron chi connectivity index (χ3n) is 4.02. The molecule has 3 heterocycles. The number of aryl methyl sites for hydroxylation is 1. The maximum absolute atomic E-state index is 12.5. The third-order valence-corrected chi connectivity index (χ3v) is 5.38. The Morgan fingerprint density at radius 1 is 1.27 bits per heavy atom. The van der Waals surface area contributed by atoms with Gasteiger partial charge in [-0.1, -0.05) is 17.7 Å². The number of pyridine rings is 1. The van der Waals surface area contributed by atoms with Gasteiger partial charge in [-0.05, 0) is 48.9 Å². The smallest absolute Gasteiger partial charge is 0.261 e. The summed E-state index contributed by atoms with van der Waals surface area (Å²) in [5.41, 5.74) is 2.76. The number of hydrogen-bond acceptors (Lipinski definition) is 4. The molecule has 0 fully saturated rings. The van der Waals surface area contributed by atoms with Crippen LogP contribution >= 0.6 is 22.9 Å². The molecule has 1 aromatic carbocycles. The molecular formula is C19H15ClN4OS. The first-order valence-corrected chi connectivity index (χ1v) is 9.23. The summed E-state index contributed by atoms with van der Waals surface area (Å²) in [6, 6.07) is 13.2. The minimum absolute atomic E-state index is 0.0999. The first-order chi connectivity index (χ1) is 12.6. The summed E-state index contributed by atoms with van der Waals surface area (Å²) in [5.74, 6) is -0.0999. The van der Waals surface area contributed by atoms with Crippen LogP contribution in [-0.2, 0) is 6.54 Å². The number of nitrogens with one attached hydrogen (secondary N) is 1. The van der Waals surface area contributed by atoms with Gasteiger partial charge in [0.2, 0.25) is 0 Å². The quantitative estimate of drug-likeness (QED) is 0.570. The number of fused-ring (bicyclic) bond motifs is 1. The average Bonchev–Trinajstić information content (AvgIpc) is 3.22. The molecule has 0 aliphatic carbocycles. The normalized spacial score (nSPS) is 11.0. The highest BCUT2D eigenvalue weighted by Crippen LogP contribution is 2.30. The monoisotopic (exact) mass is 382 g/mol. The first-order valence-electron chi connectivity index (χ1n) is 8.04. The average molecular weight is 383 g/mol. The van der Waals surface area contributed by atoms with Crippen LogP contribution in [0, 0.1) is 6.92 Å². The van der Waals surface area contributed by atoms with Crippen LogP contribution in [0.25, 0.3) is 15.9 Å². The van der Waals surface area contributed by atoms with E-state index in [1.54, 1.807) is 12.4 Å². The molecule has 4 rings (SSSR count). The van der Waals surface area contributed by atoms with Crippen molar-refractivity contribution >= 4 is 39.1 Å². The number of halogens is 1. The molecular weight excluding hydrogens is 368 g/mol. The zero-order valence-electron chi connectivity index (χ0n) is 13.9. The predicted molar refractivity (Wildman–Crippen MR) is 104 cm³/mol. The summed E-state index contributed by atoms with van der Waals surface area (Å²) < 4.78 is 1.85. The van der Waals surface area contributed by atoms with E-state index in [2.05, 4.69) is 15.4 Å². The van der Waals surface area contributed by atoms with Crippen molar-refractivity contribution in [1.29, 1.82) is 0 Å². The van der Waals surface area contributed by atoms with Gasteiger partial charge >= 0.3 is 0 Å². The molecule has 3 aromatic heterocycles. The lowest BCUT2D eigenvalue weighted by Crippen LogP contribution is -2.21. The van der Waals surface area contributed by atoms with Crippen LogP contribution in [0.3, 0.4) is 0 Å². The van der Waals surface area contributed by atoms with Crippen LogP contribution in [0.1, 0.15) is 20.9 Å². The molecule has 1 N–H and O–H groups in total. The summed E-state index contributed by atoms with van der Waals surface area (Å²) in [4.78, 5) is 18.2. The van der Waals surface area contributed by atoms with Crippen LogP contribution in [-0.4, -0.2) is 20.7 Å². The molecule has 0 unspecified atom stereocenters. The molecule has 4 aromatic rings. The Kier molecular flexibility index (Phi) is 4.44. The summed E-state index contributed by atoms with van der Waals surface area (Å²) in [6.07, 6.45) is 3.45. The maximum Gasteiger partial charge on any atom is 0.261 e. The van der Waals surface area contributed by atoms with Gasteiger partial charge in [-0.15, -0.1) is 11.3 Å². The van der Waals surface area contributed by atoms with E-state index in [0.29, 0.717) is 16.4 Å². The Morgan fingerprint density at radius 3 is 2.81 bits per heavy atom. The minimum Gasteiger partial charge on any atom is -0.347 e. The highest BCUT2D eigenvalue weighted by Gasteiger charge is 2.17. The van der Waals surface area contributed by atoms with Crippen molar-refractivity contribution in [3.05, 3.63) is 76.0 Å². The van der Waals surface area contributed by atoms with Gasteiger partial charge in [-0.25, -0.2) is 4.68 Å². The Hall–Kier alpha value is -2.70. The van der Waals surface area contributed by atoms with Gasteiger partial charge in [0.15, 0.2) is 0 Å². The van der Waals surface area contributed by atoms with Gasteiger partial charge in [-0.2, -0.15) is 5.10 Å². The van der Waals surface area contributed by atoms with E-state index in [-0.39, 0.29) is 5.91 Å². The third kappa shape index (κ3) is 3.21. The molecule has 0 spiro atoms. The van der Waals surface area contributed by atoms with Gasteiger partial charge in [0.1, 0.15) is 4.83 Å². The fourth-order valence-corrected chi connectivity index (χ4v) is 3.91. The number of benzene rings is 1. The molecule has 5 nitrogen and oxygen atoms in total. The van der Waals surface area contributed by atoms with Crippen molar-refractivity contribution in [2.24, 2.45) is 0 Å². The highest BCUT2D eigenvalue weighted by atomic mass is 35.5. The largest absolute Gasteiger partial charge is 0.347 e. The second-order valence-corrected chi connectivity index (χ2v) is 7.31. The molecule has 0 saturated carbocycles. The standard InChI is InChI=1S/C19H15ClN4OS/c1-12-16-9-17(18(25)22-11-13-3-2-8-21-10-13)26-19(16)24(23-12)15-6-4-14(20)5-7-15/h2-10H,11H2,1H3,(H,22,25). The molecule has 1 amide bonds. The first kappa shape index (κ1) is 16.8. The Balaban J connectivity index is 1.62. The van der Waals surface area contributed by atoms with Crippen LogP contribution in [0.5, 0.6) is 0 Å². The summed E-state index contributed by atoms with van der Waals surface area (Å²) in [7, 11) is 0. The number of carbonyl (C=O) groups is 1. The number of rotatable bonds is 4. The fraction of sp³-hybridized carbons (Fsp3) is 0.105. The number of hydrogen-bond donors (Lipinski definition) is 1. The van der Waals surface area contributed by atoms with Crippen molar-refractivity contribution in [3.8, 4) is 5.69 Å². The van der Waals surface area contributed by atoms with Crippen LogP contribution in [0.2, 0.25) is 5.02 Å². The van der Waals surface area contributed by atoms with E-state index < -0.39 is 0 Å². The summed E-state index contributed by atoms with van der Waals surface area (Å²) in [6.45, 7) is 2.39. The number of thiophene rings is 1. The SMILES string of the molecule is Cc1nn(-c2ccc(Cl)cc2)c2sc(C(=O)NCc3cccnc3)cc12. The van der Waals surface area contributed by atoms with E-state index >= 15 is 0 Å². The zero-order chi connectivity index (χ0) is 18.1. The van der Waals surface area contributed by atoms with E-state index in [0.717, 1.165) is 27.2 Å². The molecule has 26 heavy (non-hydrogen) atoms. The van der Waals surface area contributed by atoms with Crippen LogP contribution in [0.4, 0.5) is 0 Å². The molecule has 7 heteroatoms. The molecule has 0 radical (unpaired) electrons. The van der Waals surface area contributed by atoms with Gasteiger partial charge in [0, 0.05) is 29.3 Å². The number of amides is 1. The fourth-order valence-electron chi connectivity index (χ4n) is 2.69. The number of aromatic nitrogens is 3. The number of nitrogens with zero attached hydrogens (tertiary/aromatic N) is 3. The van der Waals surface area contributed by atoms with Gasteiger partial charge in [0.25, 0.3) is 5.91 Å². The van der Waals surface area contributed by atoms with Gasteiger partial charge in [0.05, 0.1) is 16.3 Å². The second-order valence-electron chi connectivity index (χ2n) is 5.85. The zero-order valence-corrected chi connectivity index (χ0v) is 15.5. The Labute approximate surface area is 159 Å². The van der Waals surface area contributed by atoms with Crippen molar-refractivity contribution in [3.63, 3.8) is 0 Å². The Bertz CT molecular complexity index is 1070. The van der Waals surface area contributed by atoms with Crippen LogP contribution in [0.15, 0.2) is 54.9 Å². The lowest BCUT2D eigenvalue weighted by Gasteiger charge is -2.03. The predicted octanol–water partition coefficient (Wildman–Crippen LogP) is 4.37. The van der Waals surface area contributed by atoms with Crippen molar-refractivity contribution in [2.45, 2.75) is 13.5 Å². The van der Waals surface area contributed by atoms with Gasteiger partial charge in [-0.3, -0.25) is 9.78 Å². The van der Waals surface area contributed by atoms with E-state index in [4.69, 9.17) is 11.6 Å². The number of carbonyl (C=O) groups excluding carboxylic acids is 1. The topological polar surface area (TPSA) is 59.8 Å². The molecule has 0 atom stereocenters. The molecule has 0 bridgehead atoms. The molecule has 0 aliphatic heterocycles. The summed E-state index contributed by atoms with van der Waals surface area (Å²) in [5, 5.41) is 9.18. The molecule has 0 saturated heterocycles. The van der Waals surface area contributed by atoms with Crippen molar-refractivity contribution in [2.75, 3.05) is 0 Å². The van der Waals surface area contributed by atoms with E-state index in [9.17, 15) is 4.79 Å². The molecule has 0 aliphatic rings. The van der Waals surface area contributed by atoms with Crippen molar-refractivity contribution in [1.82, 2.24) is 20.1 Å².